The van der Waals surface area contributed by atoms with E-state index in [1.165, 1.54) is 0 Å². The quantitative estimate of drug-likeness (QED) is 0.374. The maximum atomic E-state index is 10.1. The van der Waals surface area contributed by atoms with Gasteiger partial charge in [-0.1, -0.05) is 0 Å². The van der Waals surface area contributed by atoms with Gasteiger partial charge in [0, 0.05) is 6.00 Å². The van der Waals surface area contributed by atoms with Crippen molar-refractivity contribution in [2.45, 2.75) is 24.3 Å². The first kappa shape index (κ1) is 12.1. The summed E-state index contributed by atoms with van der Waals surface area (Å²) in [6.07, 6.45) is -3.80. The average molecular weight is 222 g/mol. The molecule has 9 heteroatoms. The Hall–Kier alpha value is 0.0549. The highest BCUT2D eigenvalue weighted by Gasteiger charge is 2.39. The van der Waals surface area contributed by atoms with Crippen LogP contribution in [-0.4, -0.2) is 49.0 Å². The molecule has 1 aliphatic heterocycles. The van der Waals surface area contributed by atoms with E-state index in [1.54, 1.807) is 0 Å². The fraction of sp³-hybridized carbons (Fsp3) is 1.00. The van der Waals surface area contributed by atoms with E-state index >= 15 is 0 Å². The summed E-state index contributed by atoms with van der Waals surface area (Å²) in [4.78, 5) is 20.2. The molecule has 0 unspecified atom stereocenters. The van der Waals surface area contributed by atoms with Crippen LogP contribution in [0.1, 0.15) is 0 Å². The van der Waals surface area contributed by atoms with Crippen molar-refractivity contribution >= 4 is 15.7 Å². The second kappa shape index (κ2) is 4.28. The highest BCUT2D eigenvalue weighted by Crippen LogP contribution is 2.28. The molecule has 1 aliphatic rings. The lowest BCUT2D eigenvalue weighted by Gasteiger charge is -2.30. The predicted molar refractivity (Wildman–Crippen MR) is 40.0 cm³/mol. The van der Waals surface area contributed by atoms with Gasteiger partial charge >= 0.3 is 0 Å². The first-order valence-electron chi connectivity index (χ1n) is 3.75. The van der Waals surface area contributed by atoms with E-state index in [0.717, 1.165) is 0 Å². The van der Waals surface area contributed by atoms with Gasteiger partial charge in [0.15, 0.2) is 0 Å². The van der Waals surface area contributed by atoms with Crippen LogP contribution in [0.5, 0.6) is 0 Å². The maximum Gasteiger partial charge on any atom is 0.112 e. The van der Waals surface area contributed by atoms with Crippen molar-refractivity contribution < 1.29 is 33.8 Å². The van der Waals surface area contributed by atoms with E-state index in [4.69, 9.17) is 17.7 Å². The van der Waals surface area contributed by atoms with Gasteiger partial charge in [0.2, 0.25) is 0 Å². The average Bonchev–Trinajstić information content (AvgIpc) is 2.28. The van der Waals surface area contributed by atoms with Gasteiger partial charge in [-0.25, -0.2) is 0 Å². The minimum Gasteiger partial charge on any atom is -0.790 e. The van der Waals surface area contributed by atoms with Crippen molar-refractivity contribution in [3.63, 3.8) is 0 Å². The Morgan fingerprint density at radius 3 is 2.36 bits per heavy atom. The Labute approximate surface area is 81.3 Å². The molecular formula is C5H8BO7P-2. The van der Waals surface area contributed by atoms with Crippen molar-refractivity contribution in [2.24, 2.45) is 0 Å². The molecule has 14 heavy (non-hydrogen) atoms. The predicted octanol–water partition coefficient (Wildman–Crippen LogP) is -3.55. The summed E-state index contributed by atoms with van der Waals surface area (Å²) < 4.78 is 18.7. The van der Waals surface area contributed by atoms with Crippen molar-refractivity contribution in [3.05, 3.63) is 0 Å². The number of phosphoric acid groups is 1. The topological polar surface area (TPSA) is 122 Å². The van der Waals surface area contributed by atoms with E-state index in [9.17, 15) is 19.5 Å². The summed E-state index contributed by atoms with van der Waals surface area (Å²) in [7, 11) is 0.0876. The van der Waals surface area contributed by atoms with Crippen LogP contribution in [0.4, 0.5) is 0 Å². The summed E-state index contributed by atoms with van der Waals surface area (Å²) >= 11 is 0. The van der Waals surface area contributed by atoms with Crippen LogP contribution in [-0.2, 0) is 13.8 Å². The molecule has 4 atom stereocenters. The van der Waals surface area contributed by atoms with Crippen LogP contribution in [0, 0.1) is 0 Å². The normalized spacial score (nSPS) is 38.9. The van der Waals surface area contributed by atoms with Crippen LogP contribution in [0.25, 0.3) is 0 Å². The van der Waals surface area contributed by atoms with Crippen LogP contribution in [0.3, 0.4) is 0 Å². The third-order valence-corrected chi connectivity index (χ3v) is 2.26. The highest BCUT2D eigenvalue weighted by molar-refractivity contribution is 7.43. The number of phosphoric ester groups is 1. The zero-order chi connectivity index (χ0) is 10.9. The summed E-state index contributed by atoms with van der Waals surface area (Å²) in [6.45, 7) is -0.657. The number of aliphatic hydroxyl groups is 2. The molecule has 1 saturated heterocycles. The summed E-state index contributed by atoms with van der Waals surface area (Å²) in [6, 6.07) is -1.11. The Morgan fingerprint density at radius 2 is 2.00 bits per heavy atom. The molecule has 2 radical (unpaired) electrons. The fourth-order valence-electron chi connectivity index (χ4n) is 1.08. The Bertz CT molecular complexity index is 242. The largest absolute Gasteiger partial charge is 0.790 e. The zero-order valence-electron chi connectivity index (χ0n) is 6.98. The van der Waals surface area contributed by atoms with Gasteiger partial charge in [-0.3, -0.25) is 0 Å². The number of rotatable bonds is 3. The summed E-state index contributed by atoms with van der Waals surface area (Å²) in [5.74, 6) is 0. The Balaban J connectivity index is 2.44. The van der Waals surface area contributed by atoms with E-state index in [1.807, 2.05) is 0 Å². The molecule has 0 aromatic heterocycles. The van der Waals surface area contributed by atoms with Gasteiger partial charge in [-0.05, 0) is 0 Å². The molecule has 80 valence electrons. The molecule has 0 bridgehead atoms. The molecule has 1 fully saturated rings. The lowest BCUT2D eigenvalue weighted by molar-refractivity contribution is -0.343. The van der Waals surface area contributed by atoms with Gasteiger partial charge in [0.25, 0.3) is 0 Å². The number of ether oxygens (including phenoxy) is 1. The van der Waals surface area contributed by atoms with Crippen LogP contribution in [0.2, 0.25) is 0 Å². The van der Waals surface area contributed by atoms with E-state index < -0.39 is 38.7 Å². The number of aliphatic hydroxyl groups excluding tert-OH is 2. The second-order valence-electron chi connectivity index (χ2n) is 2.86. The lowest BCUT2D eigenvalue weighted by Crippen LogP contribution is -2.35. The van der Waals surface area contributed by atoms with Gasteiger partial charge in [-0.15, -0.1) is 0 Å². The molecule has 1 rings (SSSR count). The zero-order valence-corrected chi connectivity index (χ0v) is 7.87. The van der Waals surface area contributed by atoms with Crippen LogP contribution >= 0.6 is 7.82 Å². The molecule has 0 aromatic carbocycles. The van der Waals surface area contributed by atoms with Gasteiger partial charge in [0.1, 0.15) is 20.1 Å². The SMILES string of the molecule is [B][C@@H]1O[C@H](COP(=O)([O-])[O-])[C@@H](O)[C@H]1O. The maximum absolute atomic E-state index is 10.1. The van der Waals surface area contributed by atoms with Crippen molar-refractivity contribution in [2.75, 3.05) is 6.61 Å². The third-order valence-electron chi connectivity index (χ3n) is 1.80. The van der Waals surface area contributed by atoms with E-state index in [0.29, 0.717) is 0 Å². The minimum absolute atomic E-state index is 0.657. The van der Waals surface area contributed by atoms with Crippen LogP contribution < -0.4 is 9.79 Å². The summed E-state index contributed by atoms with van der Waals surface area (Å²) in [5.41, 5.74) is 0. The molecule has 0 aliphatic carbocycles. The standard InChI is InChI=1S/C5H10BO7P/c6-5-4(8)3(7)2(13-5)1-12-14(9,10)11/h2-5,7-8H,1H2,(H2,9,10,11)/p-2/t2-,3-,4-,5-/m1/s1. The number of hydrogen-bond acceptors (Lipinski definition) is 7. The molecule has 7 nitrogen and oxygen atoms in total. The van der Waals surface area contributed by atoms with E-state index in [-0.39, 0.29) is 0 Å². The minimum atomic E-state index is -5.10. The molecule has 0 saturated carbocycles. The molecule has 0 amide bonds. The van der Waals surface area contributed by atoms with Crippen molar-refractivity contribution in [1.82, 2.24) is 0 Å². The van der Waals surface area contributed by atoms with Crippen molar-refractivity contribution in [1.29, 1.82) is 0 Å². The first-order chi connectivity index (χ1) is 6.31. The third kappa shape index (κ3) is 3.03. The Morgan fingerprint density at radius 1 is 1.43 bits per heavy atom. The highest BCUT2D eigenvalue weighted by atomic mass is 31.2. The molecular weight excluding hydrogens is 214 g/mol. The van der Waals surface area contributed by atoms with Gasteiger partial charge in [0.05, 0.1) is 20.5 Å². The monoisotopic (exact) mass is 222 g/mol. The van der Waals surface area contributed by atoms with Crippen molar-refractivity contribution in [3.8, 4) is 0 Å². The van der Waals surface area contributed by atoms with E-state index in [2.05, 4.69) is 4.52 Å². The molecule has 2 N–H and O–H groups in total. The fourth-order valence-corrected chi connectivity index (χ4v) is 1.41. The molecule has 0 spiro atoms. The summed E-state index contributed by atoms with van der Waals surface area (Å²) in [5, 5.41) is 18.3. The smallest absolute Gasteiger partial charge is 0.112 e. The molecule has 1 heterocycles. The van der Waals surface area contributed by atoms with Gasteiger partial charge < -0.3 is 33.8 Å². The Kier molecular flexibility index (Phi) is 3.71. The lowest BCUT2D eigenvalue weighted by atomic mass is 9.93. The second-order valence-corrected chi connectivity index (χ2v) is 4.02. The number of hydrogen-bond donors (Lipinski definition) is 2. The molecule has 0 aromatic rings. The van der Waals surface area contributed by atoms with Crippen LogP contribution in [0.15, 0.2) is 0 Å². The first-order valence-corrected chi connectivity index (χ1v) is 5.21. The van der Waals surface area contributed by atoms with Gasteiger partial charge in [-0.2, -0.15) is 0 Å².